The largest absolute Gasteiger partial charge is 0.456 e. The Bertz CT molecular complexity index is 753. The van der Waals surface area contributed by atoms with Gasteiger partial charge in [-0.3, -0.25) is 10.1 Å². The Balaban J connectivity index is 2.31. The topological polar surface area (TPSA) is 52.4 Å². The summed E-state index contributed by atoms with van der Waals surface area (Å²) in [7, 11) is 0. The van der Waals surface area contributed by atoms with Crippen molar-refractivity contribution < 1.29 is 22.8 Å². The lowest BCUT2D eigenvalue weighted by molar-refractivity contribution is -0.385. The van der Waals surface area contributed by atoms with Crippen LogP contribution in [0, 0.1) is 10.1 Å². The highest BCUT2D eigenvalue weighted by atomic mass is 79.9. The van der Waals surface area contributed by atoms with Gasteiger partial charge in [-0.05, 0) is 30.3 Å². The van der Waals surface area contributed by atoms with E-state index in [0.29, 0.717) is 5.56 Å². The number of ether oxygens (including phenoxy) is 1. The molecular weight excluding hydrogens is 403 g/mol. The van der Waals surface area contributed by atoms with E-state index in [9.17, 15) is 23.3 Å². The minimum atomic E-state index is -4.50. The van der Waals surface area contributed by atoms with E-state index < -0.39 is 16.7 Å². The Morgan fingerprint density at radius 1 is 1.22 bits per heavy atom. The van der Waals surface area contributed by atoms with Crippen molar-refractivity contribution in [2.24, 2.45) is 0 Å². The van der Waals surface area contributed by atoms with Crippen LogP contribution in [0.25, 0.3) is 0 Å². The number of alkyl halides is 4. The fourth-order valence-corrected chi connectivity index (χ4v) is 2.47. The third-order valence-corrected chi connectivity index (χ3v) is 3.78. The maximum atomic E-state index is 12.6. The van der Waals surface area contributed by atoms with Gasteiger partial charge in [-0.2, -0.15) is 13.2 Å². The molecule has 0 heterocycles. The fourth-order valence-electron chi connectivity index (χ4n) is 1.80. The van der Waals surface area contributed by atoms with Gasteiger partial charge in [0.05, 0.1) is 15.5 Å². The molecule has 0 saturated heterocycles. The molecule has 2 rings (SSSR count). The molecule has 0 amide bonds. The molecule has 0 saturated carbocycles. The highest BCUT2D eigenvalue weighted by Gasteiger charge is 2.31. The molecule has 23 heavy (non-hydrogen) atoms. The normalized spacial score (nSPS) is 11.3. The maximum Gasteiger partial charge on any atom is 0.416 e. The number of rotatable bonds is 4. The van der Waals surface area contributed by atoms with Crippen LogP contribution in [0.15, 0.2) is 36.4 Å². The highest BCUT2D eigenvalue weighted by molar-refractivity contribution is 9.08. The first-order valence-electron chi connectivity index (χ1n) is 6.10. The van der Waals surface area contributed by atoms with Gasteiger partial charge in [0.25, 0.3) is 5.69 Å². The number of nitro groups is 1. The van der Waals surface area contributed by atoms with Crippen molar-refractivity contribution in [1.82, 2.24) is 0 Å². The Labute approximate surface area is 142 Å². The summed E-state index contributed by atoms with van der Waals surface area (Å²) in [5, 5.41) is 10.9. The Hall–Kier alpha value is -1.80. The molecule has 0 N–H and O–H groups in total. The van der Waals surface area contributed by atoms with Gasteiger partial charge in [-0.15, -0.1) is 0 Å². The average molecular weight is 411 g/mol. The molecule has 2 aromatic rings. The standard InChI is InChI=1S/C14H8BrClF3NO3/c15-7-8-5-10(2-3-12(8)20(21)22)23-13-4-1-9(6-11(13)16)14(17,18)19/h1-6H,7H2. The summed E-state index contributed by atoms with van der Waals surface area (Å²) in [5.74, 6) is 0.251. The summed E-state index contributed by atoms with van der Waals surface area (Å²) in [6.07, 6.45) is -4.50. The molecule has 0 bridgehead atoms. The minimum Gasteiger partial charge on any atom is -0.456 e. The molecule has 0 radical (unpaired) electrons. The highest BCUT2D eigenvalue weighted by Crippen LogP contribution is 2.37. The molecule has 0 aromatic heterocycles. The quantitative estimate of drug-likeness (QED) is 0.355. The number of hydrogen-bond donors (Lipinski definition) is 0. The molecule has 122 valence electrons. The molecule has 0 aliphatic rings. The van der Waals surface area contributed by atoms with Crippen LogP contribution in [0.2, 0.25) is 5.02 Å². The molecule has 0 fully saturated rings. The molecular formula is C14H8BrClF3NO3. The van der Waals surface area contributed by atoms with Crippen molar-refractivity contribution in [2.45, 2.75) is 11.5 Å². The van der Waals surface area contributed by atoms with Crippen LogP contribution in [0.3, 0.4) is 0 Å². The van der Waals surface area contributed by atoms with Gasteiger partial charge in [0.1, 0.15) is 11.5 Å². The number of nitro benzene ring substituents is 1. The number of halogens is 5. The zero-order chi connectivity index (χ0) is 17.2. The zero-order valence-electron chi connectivity index (χ0n) is 11.2. The van der Waals surface area contributed by atoms with Gasteiger partial charge >= 0.3 is 6.18 Å². The van der Waals surface area contributed by atoms with Crippen molar-refractivity contribution in [1.29, 1.82) is 0 Å². The van der Waals surface area contributed by atoms with E-state index in [4.69, 9.17) is 16.3 Å². The van der Waals surface area contributed by atoms with Crippen LogP contribution in [0.1, 0.15) is 11.1 Å². The monoisotopic (exact) mass is 409 g/mol. The smallest absolute Gasteiger partial charge is 0.416 e. The molecule has 0 unspecified atom stereocenters. The van der Waals surface area contributed by atoms with Crippen molar-refractivity contribution in [2.75, 3.05) is 0 Å². The summed E-state index contributed by atoms with van der Waals surface area (Å²) in [5.41, 5.74) is -0.608. The molecule has 0 aliphatic heterocycles. The lowest BCUT2D eigenvalue weighted by Gasteiger charge is -2.11. The SMILES string of the molecule is O=[N+]([O-])c1ccc(Oc2ccc(C(F)(F)F)cc2Cl)cc1CBr. The summed E-state index contributed by atoms with van der Waals surface area (Å²) < 4.78 is 43.1. The number of nitrogens with zero attached hydrogens (tertiary/aromatic N) is 1. The zero-order valence-corrected chi connectivity index (χ0v) is 13.6. The van der Waals surface area contributed by atoms with E-state index >= 15 is 0 Å². The lowest BCUT2D eigenvalue weighted by atomic mass is 10.2. The first kappa shape index (κ1) is 17.6. The van der Waals surface area contributed by atoms with Crippen molar-refractivity contribution in [3.63, 3.8) is 0 Å². The second kappa shape index (κ2) is 6.76. The number of benzene rings is 2. The fraction of sp³-hybridized carbons (Fsp3) is 0.143. The van der Waals surface area contributed by atoms with E-state index in [1.54, 1.807) is 0 Å². The van der Waals surface area contributed by atoms with E-state index in [-0.39, 0.29) is 27.5 Å². The van der Waals surface area contributed by atoms with E-state index in [0.717, 1.165) is 18.2 Å². The minimum absolute atomic E-state index is 0.0223. The van der Waals surface area contributed by atoms with E-state index in [1.807, 2.05) is 0 Å². The molecule has 9 heteroatoms. The summed E-state index contributed by atoms with van der Waals surface area (Å²) in [4.78, 5) is 10.3. The van der Waals surface area contributed by atoms with Crippen molar-refractivity contribution in [3.05, 3.63) is 62.7 Å². The van der Waals surface area contributed by atoms with Gasteiger partial charge in [-0.25, -0.2) is 0 Å². The molecule has 2 aromatic carbocycles. The van der Waals surface area contributed by atoms with Gasteiger partial charge in [-0.1, -0.05) is 27.5 Å². The molecule has 0 atom stereocenters. The van der Waals surface area contributed by atoms with Crippen molar-refractivity contribution in [3.8, 4) is 11.5 Å². The first-order valence-corrected chi connectivity index (χ1v) is 7.60. The summed E-state index contributed by atoms with van der Waals surface area (Å²) in [6.45, 7) is 0. The Kier molecular flexibility index (Phi) is 5.16. The summed E-state index contributed by atoms with van der Waals surface area (Å²) in [6, 6.07) is 6.72. The maximum absolute atomic E-state index is 12.6. The third kappa shape index (κ3) is 4.14. The van der Waals surface area contributed by atoms with E-state index in [1.165, 1.54) is 18.2 Å². The average Bonchev–Trinajstić information content (AvgIpc) is 2.47. The van der Waals surface area contributed by atoms with Crippen LogP contribution in [0.4, 0.5) is 18.9 Å². The van der Waals surface area contributed by atoms with Crippen molar-refractivity contribution >= 4 is 33.2 Å². The Morgan fingerprint density at radius 3 is 2.43 bits per heavy atom. The molecule has 4 nitrogen and oxygen atoms in total. The second-order valence-corrected chi connectivity index (χ2v) is 5.39. The van der Waals surface area contributed by atoms with Gasteiger partial charge in [0.2, 0.25) is 0 Å². The van der Waals surface area contributed by atoms with Crippen LogP contribution < -0.4 is 4.74 Å². The first-order chi connectivity index (χ1) is 10.7. The van der Waals surface area contributed by atoms with Crippen LogP contribution >= 0.6 is 27.5 Å². The third-order valence-electron chi connectivity index (χ3n) is 2.88. The predicted octanol–water partition coefficient (Wildman–Crippen LogP) is 5.95. The van der Waals surface area contributed by atoms with Crippen LogP contribution in [0.5, 0.6) is 11.5 Å². The Morgan fingerprint density at radius 2 is 1.91 bits per heavy atom. The van der Waals surface area contributed by atoms with Gasteiger partial charge < -0.3 is 4.74 Å². The predicted molar refractivity (Wildman–Crippen MR) is 82.3 cm³/mol. The lowest BCUT2D eigenvalue weighted by Crippen LogP contribution is -2.04. The summed E-state index contributed by atoms with van der Waals surface area (Å²) >= 11 is 8.93. The number of hydrogen-bond acceptors (Lipinski definition) is 3. The van der Waals surface area contributed by atoms with Gasteiger partial charge in [0.15, 0.2) is 0 Å². The molecule has 0 spiro atoms. The van der Waals surface area contributed by atoms with Crippen LogP contribution in [-0.2, 0) is 11.5 Å². The second-order valence-electron chi connectivity index (χ2n) is 4.43. The van der Waals surface area contributed by atoms with Gasteiger partial charge in [0, 0.05) is 17.0 Å². The van der Waals surface area contributed by atoms with E-state index in [2.05, 4.69) is 15.9 Å². The van der Waals surface area contributed by atoms with Crippen LogP contribution in [-0.4, -0.2) is 4.92 Å². The molecule has 0 aliphatic carbocycles.